The quantitative estimate of drug-likeness (QED) is 0.577. The number of aromatic nitrogens is 2. The van der Waals surface area contributed by atoms with E-state index < -0.39 is 10.0 Å². The molecule has 1 saturated heterocycles. The number of para-hydroxylation sites is 1. The van der Waals surface area contributed by atoms with E-state index in [1.807, 2.05) is 29.2 Å². The summed E-state index contributed by atoms with van der Waals surface area (Å²) in [6, 6.07) is 9.54. The van der Waals surface area contributed by atoms with Crippen LogP contribution in [0.3, 0.4) is 0 Å². The predicted octanol–water partition coefficient (Wildman–Crippen LogP) is 3.40. The van der Waals surface area contributed by atoms with Crippen LogP contribution in [0.4, 0.5) is 5.69 Å². The Bertz CT molecular complexity index is 1280. The van der Waals surface area contributed by atoms with Crippen molar-refractivity contribution in [2.24, 2.45) is 5.92 Å². The number of thiophene rings is 1. The van der Waals surface area contributed by atoms with E-state index in [1.54, 1.807) is 19.9 Å². The summed E-state index contributed by atoms with van der Waals surface area (Å²) >= 11 is 1.33. The highest BCUT2D eigenvalue weighted by Gasteiger charge is 2.38. The predicted molar refractivity (Wildman–Crippen MR) is 121 cm³/mol. The number of sulfonamides is 1. The number of benzene rings is 1. The fourth-order valence-electron chi connectivity index (χ4n) is 4.52. The third-order valence-electron chi connectivity index (χ3n) is 6.12. The standard InChI is InChI=1S/C22H24N4O4S2/c1-14-20(12-19(31-14)21-23-15(2)30-24-21)32(28,29)25-10-5-7-17(13-25)22(27)26-11-9-16-6-3-4-8-18(16)26/h3-4,6,8,12,17H,5,7,9-11,13H2,1-2H3/t17-/m1/s1. The van der Waals surface area contributed by atoms with Crippen molar-refractivity contribution in [3.63, 3.8) is 0 Å². The molecule has 4 heterocycles. The number of hydrogen-bond donors (Lipinski definition) is 0. The average Bonchev–Trinajstić information content (AvgIpc) is 3.51. The third-order valence-corrected chi connectivity index (χ3v) is 9.29. The van der Waals surface area contributed by atoms with Crippen LogP contribution in [0.15, 0.2) is 39.8 Å². The molecule has 0 spiro atoms. The summed E-state index contributed by atoms with van der Waals surface area (Å²) < 4.78 is 33.5. The molecule has 1 amide bonds. The van der Waals surface area contributed by atoms with Crippen molar-refractivity contribution in [2.75, 3.05) is 24.5 Å². The molecule has 168 valence electrons. The maximum Gasteiger partial charge on any atom is 0.244 e. The van der Waals surface area contributed by atoms with E-state index in [0.717, 1.165) is 12.1 Å². The molecular formula is C22H24N4O4S2. The number of nitrogens with zero attached hydrogens (tertiary/aromatic N) is 4. The molecule has 0 N–H and O–H groups in total. The fourth-order valence-corrected chi connectivity index (χ4v) is 7.53. The highest BCUT2D eigenvalue weighted by molar-refractivity contribution is 7.89. The van der Waals surface area contributed by atoms with Crippen molar-refractivity contribution in [2.45, 2.75) is 38.0 Å². The third kappa shape index (κ3) is 3.66. The molecule has 3 aromatic rings. The Kier molecular flexibility index (Phi) is 5.39. The Hall–Kier alpha value is -2.56. The van der Waals surface area contributed by atoms with E-state index in [2.05, 4.69) is 10.1 Å². The van der Waals surface area contributed by atoms with Crippen molar-refractivity contribution in [1.82, 2.24) is 14.4 Å². The lowest BCUT2D eigenvalue weighted by Gasteiger charge is -2.33. The molecule has 10 heteroatoms. The summed E-state index contributed by atoms with van der Waals surface area (Å²) in [5.41, 5.74) is 2.12. The van der Waals surface area contributed by atoms with Crippen molar-refractivity contribution in [3.8, 4) is 10.7 Å². The van der Waals surface area contributed by atoms with Crippen LogP contribution in [0, 0.1) is 19.8 Å². The summed E-state index contributed by atoms with van der Waals surface area (Å²) in [6.45, 7) is 4.74. The molecule has 5 rings (SSSR count). The smallest absolute Gasteiger partial charge is 0.244 e. The van der Waals surface area contributed by atoms with E-state index in [4.69, 9.17) is 4.52 Å². The first kappa shape index (κ1) is 21.3. The van der Waals surface area contributed by atoms with E-state index in [9.17, 15) is 13.2 Å². The van der Waals surface area contributed by atoms with Gasteiger partial charge in [0.15, 0.2) is 0 Å². The lowest BCUT2D eigenvalue weighted by atomic mass is 9.98. The first-order valence-electron chi connectivity index (χ1n) is 10.6. The first-order chi connectivity index (χ1) is 15.3. The minimum absolute atomic E-state index is 0.0138. The molecule has 0 aliphatic carbocycles. The number of aryl methyl sites for hydroxylation is 2. The summed E-state index contributed by atoms with van der Waals surface area (Å²) in [5.74, 6) is 0.482. The van der Waals surface area contributed by atoms with Gasteiger partial charge in [-0.2, -0.15) is 9.29 Å². The largest absolute Gasteiger partial charge is 0.339 e. The van der Waals surface area contributed by atoms with Gasteiger partial charge >= 0.3 is 0 Å². The van der Waals surface area contributed by atoms with Crippen molar-refractivity contribution >= 4 is 33.0 Å². The zero-order valence-corrected chi connectivity index (χ0v) is 19.6. The van der Waals surface area contributed by atoms with Crippen LogP contribution in [-0.4, -0.2) is 48.4 Å². The van der Waals surface area contributed by atoms with Gasteiger partial charge < -0.3 is 9.42 Å². The molecule has 0 radical (unpaired) electrons. The topological polar surface area (TPSA) is 96.6 Å². The van der Waals surface area contributed by atoms with Gasteiger partial charge in [-0.3, -0.25) is 4.79 Å². The molecule has 0 unspecified atom stereocenters. The molecule has 1 atom stereocenters. The van der Waals surface area contributed by atoms with Crippen LogP contribution in [0.2, 0.25) is 0 Å². The number of fused-ring (bicyclic) bond motifs is 1. The molecule has 1 fully saturated rings. The van der Waals surface area contributed by atoms with Gasteiger partial charge in [-0.25, -0.2) is 8.42 Å². The molecule has 2 aromatic heterocycles. The second kappa shape index (κ2) is 8.09. The number of anilines is 1. The monoisotopic (exact) mass is 472 g/mol. The number of carbonyl (C=O) groups excluding carboxylic acids is 1. The summed E-state index contributed by atoms with van der Waals surface area (Å²) in [4.78, 5) is 20.9. The molecule has 0 saturated carbocycles. The van der Waals surface area contributed by atoms with E-state index in [-0.39, 0.29) is 23.3 Å². The van der Waals surface area contributed by atoms with Crippen molar-refractivity contribution < 1.29 is 17.7 Å². The molecule has 8 nitrogen and oxygen atoms in total. The highest BCUT2D eigenvalue weighted by Crippen LogP contribution is 2.36. The first-order valence-corrected chi connectivity index (χ1v) is 12.9. The second-order valence-electron chi connectivity index (χ2n) is 8.24. The maximum absolute atomic E-state index is 13.5. The Labute approximate surface area is 190 Å². The van der Waals surface area contributed by atoms with Gasteiger partial charge in [0, 0.05) is 37.1 Å². The number of rotatable bonds is 4. The SMILES string of the molecule is Cc1nc(-c2cc(S(=O)(=O)N3CCC[C@@H](C(=O)N4CCc5ccccc54)C3)c(C)s2)no1. The van der Waals surface area contributed by atoms with Crippen LogP contribution in [0.1, 0.15) is 29.2 Å². The molecule has 0 bridgehead atoms. The minimum atomic E-state index is -3.74. The van der Waals surface area contributed by atoms with Gasteiger partial charge in [-0.05, 0) is 43.9 Å². The fraction of sp³-hybridized carbons (Fsp3) is 0.409. The Morgan fingerprint density at radius 3 is 2.81 bits per heavy atom. The van der Waals surface area contributed by atoms with Gasteiger partial charge in [-0.1, -0.05) is 23.4 Å². The number of hydrogen-bond acceptors (Lipinski definition) is 7. The zero-order valence-electron chi connectivity index (χ0n) is 17.9. The van der Waals surface area contributed by atoms with Gasteiger partial charge in [0.25, 0.3) is 0 Å². The summed E-state index contributed by atoms with van der Waals surface area (Å²) in [5, 5.41) is 3.90. The summed E-state index contributed by atoms with van der Waals surface area (Å²) in [6.07, 6.45) is 2.19. The molecule has 32 heavy (non-hydrogen) atoms. The van der Waals surface area contributed by atoms with Crippen LogP contribution in [0.25, 0.3) is 10.7 Å². The van der Waals surface area contributed by atoms with E-state index in [0.29, 0.717) is 47.4 Å². The molecule has 2 aliphatic rings. The molecule has 1 aromatic carbocycles. The van der Waals surface area contributed by atoms with Crippen LogP contribution in [0.5, 0.6) is 0 Å². The Balaban J connectivity index is 1.37. The lowest BCUT2D eigenvalue weighted by Crippen LogP contribution is -2.46. The zero-order chi connectivity index (χ0) is 22.5. The average molecular weight is 473 g/mol. The number of amides is 1. The van der Waals surface area contributed by atoms with Gasteiger partial charge in [0.1, 0.15) is 0 Å². The Morgan fingerprint density at radius 1 is 1.22 bits per heavy atom. The van der Waals surface area contributed by atoms with Crippen LogP contribution < -0.4 is 4.90 Å². The lowest BCUT2D eigenvalue weighted by molar-refractivity contribution is -0.123. The van der Waals surface area contributed by atoms with Crippen molar-refractivity contribution in [1.29, 1.82) is 0 Å². The number of carbonyl (C=O) groups is 1. The highest BCUT2D eigenvalue weighted by atomic mass is 32.2. The van der Waals surface area contributed by atoms with Gasteiger partial charge in [-0.15, -0.1) is 11.3 Å². The van der Waals surface area contributed by atoms with Crippen molar-refractivity contribution in [3.05, 3.63) is 46.7 Å². The maximum atomic E-state index is 13.5. The Morgan fingerprint density at radius 2 is 2.03 bits per heavy atom. The van der Waals surface area contributed by atoms with Gasteiger partial charge in [0.2, 0.25) is 27.6 Å². The normalized spacial score (nSPS) is 19.3. The van der Waals surface area contributed by atoms with E-state index in [1.165, 1.54) is 21.2 Å². The molecular weight excluding hydrogens is 448 g/mol. The van der Waals surface area contributed by atoms with Crippen LogP contribution in [-0.2, 0) is 21.2 Å². The number of piperidine rings is 1. The van der Waals surface area contributed by atoms with Crippen LogP contribution >= 0.6 is 11.3 Å². The van der Waals surface area contributed by atoms with Gasteiger partial charge in [0.05, 0.1) is 15.7 Å². The molecule has 2 aliphatic heterocycles. The van der Waals surface area contributed by atoms with E-state index >= 15 is 0 Å². The summed E-state index contributed by atoms with van der Waals surface area (Å²) in [7, 11) is -3.74. The second-order valence-corrected chi connectivity index (χ2v) is 11.4. The minimum Gasteiger partial charge on any atom is -0.339 e.